The molecule has 8 heteroatoms. The summed E-state index contributed by atoms with van der Waals surface area (Å²) < 4.78 is 32.5. The first kappa shape index (κ1) is 15.2. The van der Waals surface area contributed by atoms with Crippen LogP contribution >= 0.6 is 0 Å². The maximum absolute atomic E-state index is 12.4. The minimum atomic E-state index is -3.71. The molecule has 2 aromatic carbocycles. The molecule has 0 spiro atoms. The lowest BCUT2D eigenvalue weighted by molar-refractivity contribution is 0.340. The van der Waals surface area contributed by atoms with Crippen molar-refractivity contribution in [1.29, 1.82) is 0 Å². The van der Waals surface area contributed by atoms with E-state index in [2.05, 4.69) is 14.7 Å². The Hall–Kier alpha value is -2.74. The number of anilines is 1. The second-order valence-electron chi connectivity index (χ2n) is 4.85. The van der Waals surface area contributed by atoms with Crippen LogP contribution in [0.5, 0.6) is 5.75 Å². The summed E-state index contributed by atoms with van der Waals surface area (Å²) in [6.45, 7) is 2.37. The van der Waals surface area contributed by atoms with Gasteiger partial charge in [-0.25, -0.2) is 13.2 Å². The molecule has 0 atom stereocenters. The van der Waals surface area contributed by atoms with Gasteiger partial charge in [0.25, 0.3) is 10.0 Å². The minimum absolute atomic E-state index is 0.128. The normalized spacial score (nSPS) is 11.5. The van der Waals surface area contributed by atoms with E-state index in [1.807, 2.05) is 6.92 Å². The van der Waals surface area contributed by atoms with E-state index in [1.54, 1.807) is 30.3 Å². The van der Waals surface area contributed by atoms with Crippen LogP contribution in [0.2, 0.25) is 0 Å². The van der Waals surface area contributed by atoms with Crippen molar-refractivity contribution in [2.75, 3.05) is 11.3 Å². The largest absolute Gasteiger partial charge is 0.494 e. The molecule has 3 rings (SSSR count). The summed E-state index contributed by atoms with van der Waals surface area (Å²) in [4.78, 5) is 16.5. The number of imidazole rings is 1. The number of aromatic nitrogens is 2. The number of fused-ring (bicyclic) bond motifs is 1. The molecule has 0 saturated carbocycles. The van der Waals surface area contributed by atoms with Gasteiger partial charge in [0.15, 0.2) is 0 Å². The Morgan fingerprint density at radius 2 is 1.74 bits per heavy atom. The molecule has 0 aliphatic carbocycles. The van der Waals surface area contributed by atoms with Gasteiger partial charge in [-0.15, -0.1) is 0 Å². The number of benzene rings is 2. The van der Waals surface area contributed by atoms with E-state index in [9.17, 15) is 13.2 Å². The SMILES string of the molecule is CCOc1ccc(S(=O)(=O)Nc2ccc3[nH]c(=O)[nH]c3c2)cc1. The van der Waals surface area contributed by atoms with Crippen molar-refractivity contribution < 1.29 is 13.2 Å². The van der Waals surface area contributed by atoms with Gasteiger partial charge >= 0.3 is 5.69 Å². The fraction of sp³-hybridized carbons (Fsp3) is 0.133. The monoisotopic (exact) mass is 333 g/mol. The van der Waals surface area contributed by atoms with E-state index in [-0.39, 0.29) is 10.6 Å². The first-order chi connectivity index (χ1) is 11.0. The molecule has 3 aromatic rings. The van der Waals surface area contributed by atoms with Crippen molar-refractivity contribution in [3.05, 3.63) is 52.9 Å². The molecule has 7 nitrogen and oxygen atoms in total. The van der Waals surface area contributed by atoms with Crippen LogP contribution in [-0.4, -0.2) is 25.0 Å². The van der Waals surface area contributed by atoms with Gasteiger partial charge in [-0.1, -0.05) is 0 Å². The zero-order valence-corrected chi connectivity index (χ0v) is 13.1. The van der Waals surface area contributed by atoms with Gasteiger partial charge in [0.1, 0.15) is 5.75 Å². The Labute approximate surface area is 132 Å². The predicted octanol–water partition coefficient (Wildman–Crippen LogP) is 2.06. The number of rotatable bonds is 5. The number of ether oxygens (including phenoxy) is 1. The summed E-state index contributed by atoms with van der Waals surface area (Å²) in [5.41, 5.74) is 1.16. The molecule has 23 heavy (non-hydrogen) atoms. The van der Waals surface area contributed by atoms with Gasteiger partial charge < -0.3 is 14.7 Å². The van der Waals surface area contributed by atoms with Crippen LogP contribution in [0.3, 0.4) is 0 Å². The third-order valence-electron chi connectivity index (χ3n) is 3.21. The second kappa shape index (κ2) is 5.81. The Kier molecular flexibility index (Phi) is 3.83. The van der Waals surface area contributed by atoms with Crippen molar-refractivity contribution in [3.8, 4) is 5.75 Å². The second-order valence-corrected chi connectivity index (χ2v) is 6.53. The van der Waals surface area contributed by atoms with Gasteiger partial charge in [-0.3, -0.25) is 4.72 Å². The molecular weight excluding hydrogens is 318 g/mol. The summed E-state index contributed by atoms with van der Waals surface area (Å²) in [6, 6.07) is 10.9. The van der Waals surface area contributed by atoms with E-state index in [0.717, 1.165) is 0 Å². The maximum atomic E-state index is 12.4. The van der Waals surface area contributed by atoms with Gasteiger partial charge in [0, 0.05) is 0 Å². The first-order valence-corrected chi connectivity index (χ1v) is 8.44. The van der Waals surface area contributed by atoms with Gasteiger partial charge in [-0.05, 0) is 49.4 Å². The fourth-order valence-electron chi connectivity index (χ4n) is 2.19. The number of aromatic amines is 2. The molecule has 0 aliphatic heterocycles. The number of H-pyrrole nitrogens is 2. The van der Waals surface area contributed by atoms with Crippen molar-refractivity contribution in [2.24, 2.45) is 0 Å². The predicted molar refractivity (Wildman–Crippen MR) is 87.3 cm³/mol. The van der Waals surface area contributed by atoms with Crippen LogP contribution in [0.25, 0.3) is 11.0 Å². The van der Waals surface area contributed by atoms with Gasteiger partial charge in [0.05, 0.1) is 28.2 Å². The highest BCUT2D eigenvalue weighted by atomic mass is 32.2. The van der Waals surface area contributed by atoms with Crippen LogP contribution in [0, 0.1) is 0 Å². The number of nitrogens with one attached hydrogen (secondary N) is 3. The van der Waals surface area contributed by atoms with Crippen molar-refractivity contribution in [3.63, 3.8) is 0 Å². The molecule has 0 radical (unpaired) electrons. The number of hydrogen-bond acceptors (Lipinski definition) is 4. The highest BCUT2D eigenvalue weighted by Crippen LogP contribution is 2.21. The van der Waals surface area contributed by atoms with Crippen molar-refractivity contribution in [2.45, 2.75) is 11.8 Å². The smallest absolute Gasteiger partial charge is 0.323 e. The molecule has 0 aliphatic rings. The highest BCUT2D eigenvalue weighted by molar-refractivity contribution is 7.92. The van der Waals surface area contributed by atoms with Gasteiger partial charge in [0.2, 0.25) is 0 Å². The summed E-state index contributed by atoms with van der Waals surface area (Å²) >= 11 is 0. The lowest BCUT2D eigenvalue weighted by Gasteiger charge is -2.09. The molecular formula is C15H15N3O4S. The lowest BCUT2D eigenvalue weighted by atomic mass is 10.3. The Morgan fingerprint density at radius 3 is 2.43 bits per heavy atom. The van der Waals surface area contributed by atoms with Crippen LogP contribution in [0.15, 0.2) is 52.2 Å². The summed E-state index contributed by atoms with van der Waals surface area (Å²) in [5.74, 6) is 0.609. The van der Waals surface area contributed by atoms with E-state index in [1.165, 1.54) is 12.1 Å². The van der Waals surface area contributed by atoms with E-state index < -0.39 is 10.0 Å². The average molecular weight is 333 g/mol. The lowest BCUT2D eigenvalue weighted by Crippen LogP contribution is -2.12. The maximum Gasteiger partial charge on any atom is 0.323 e. The molecule has 0 saturated heterocycles. The van der Waals surface area contributed by atoms with E-state index >= 15 is 0 Å². The molecule has 0 amide bonds. The fourth-order valence-corrected chi connectivity index (χ4v) is 3.24. The zero-order valence-electron chi connectivity index (χ0n) is 12.3. The highest BCUT2D eigenvalue weighted by Gasteiger charge is 2.14. The first-order valence-electron chi connectivity index (χ1n) is 6.96. The topological polar surface area (TPSA) is 104 Å². The average Bonchev–Trinajstić information content (AvgIpc) is 2.87. The van der Waals surface area contributed by atoms with Crippen molar-refractivity contribution >= 4 is 26.7 Å². The van der Waals surface area contributed by atoms with Crippen LogP contribution in [0.1, 0.15) is 6.92 Å². The molecule has 0 bridgehead atoms. The third-order valence-corrected chi connectivity index (χ3v) is 4.61. The minimum Gasteiger partial charge on any atom is -0.494 e. The van der Waals surface area contributed by atoms with E-state index in [0.29, 0.717) is 29.1 Å². The molecule has 0 unspecified atom stereocenters. The van der Waals surface area contributed by atoms with E-state index in [4.69, 9.17) is 4.74 Å². The molecule has 0 fully saturated rings. The summed E-state index contributed by atoms with van der Waals surface area (Å²) in [5, 5.41) is 0. The van der Waals surface area contributed by atoms with Crippen LogP contribution in [-0.2, 0) is 10.0 Å². The molecule has 1 aromatic heterocycles. The van der Waals surface area contributed by atoms with Crippen LogP contribution < -0.4 is 15.1 Å². The van der Waals surface area contributed by atoms with Crippen molar-refractivity contribution in [1.82, 2.24) is 9.97 Å². The van der Waals surface area contributed by atoms with Gasteiger partial charge in [-0.2, -0.15) is 0 Å². The summed E-state index contributed by atoms with van der Waals surface area (Å²) in [6.07, 6.45) is 0. The molecule has 120 valence electrons. The Bertz CT molecular complexity index is 987. The molecule has 1 heterocycles. The number of hydrogen-bond donors (Lipinski definition) is 3. The third kappa shape index (κ3) is 3.21. The molecule has 3 N–H and O–H groups in total. The Balaban J connectivity index is 1.87. The van der Waals surface area contributed by atoms with Crippen LogP contribution in [0.4, 0.5) is 5.69 Å². The summed E-state index contributed by atoms with van der Waals surface area (Å²) in [7, 11) is -3.71. The quantitative estimate of drug-likeness (QED) is 0.664. The standard InChI is InChI=1S/C15H15N3O4S/c1-2-22-11-4-6-12(7-5-11)23(20,21)18-10-3-8-13-14(9-10)17-15(19)16-13/h3-9,18H,2H2,1H3,(H2,16,17,19). The Morgan fingerprint density at radius 1 is 1.04 bits per heavy atom. The zero-order chi connectivity index (χ0) is 16.4. The number of sulfonamides is 1.